The Morgan fingerprint density at radius 2 is 1.59 bits per heavy atom. The fraction of sp³-hybridized carbons (Fsp3) is 0.0909. The summed E-state index contributed by atoms with van der Waals surface area (Å²) in [5.74, 6) is -3.33. The molecule has 7 nitrogen and oxygen atoms in total. The zero-order valence-corrected chi connectivity index (χ0v) is 17.5. The summed E-state index contributed by atoms with van der Waals surface area (Å²) in [4.78, 5) is 23.1. The summed E-state index contributed by atoms with van der Waals surface area (Å²) >= 11 is 0. The summed E-state index contributed by atoms with van der Waals surface area (Å²) in [5, 5.41) is 2.73. The van der Waals surface area contributed by atoms with E-state index in [1.807, 2.05) is 6.07 Å². The average molecular weight is 459 g/mol. The highest BCUT2D eigenvalue weighted by Gasteiger charge is 2.17. The number of primary amides is 1. The number of benzene rings is 3. The number of sulfonamides is 1. The molecule has 3 aromatic carbocycles. The number of hydrogen-bond acceptors (Lipinski definition) is 4. The number of halogens is 2. The monoisotopic (exact) mass is 459 g/mol. The Balaban J connectivity index is 1.58. The minimum atomic E-state index is -4.13. The number of nitrogens with one attached hydrogen (secondary N) is 2. The minimum Gasteiger partial charge on any atom is -0.366 e. The van der Waals surface area contributed by atoms with Gasteiger partial charge in [0.2, 0.25) is 5.91 Å². The molecule has 166 valence electrons. The summed E-state index contributed by atoms with van der Waals surface area (Å²) in [7, 11) is -4.13. The SMILES string of the molecule is NC(=O)c1cccc(CCNC(=O)c2ccc(NS(=O)(=O)c3ccc(F)c(F)c3)cc2)c1. The van der Waals surface area contributed by atoms with Crippen LogP contribution in [0, 0.1) is 11.6 Å². The van der Waals surface area contributed by atoms with Crippen molar-refractivity contribution in [3.63, 3.8) is 0 Å². The summed E-state index contributed by atoms with van der Waals surface area (Å²) in [6.07, 6.45) is 0.485. The number of carbonyl (C=O) groups is 2. The van der Waals surface area contributed by atoms with E-state index in [4.69, 9.17) is 5.73 Å². The van der Waals surface area contributed by atoms with Gasteiger partial charge in [-0.05, 0) is 66.6 Å². The van der Waals surface area contributed by atoms with Crippen molar-refractivity contribution in [2.75, 3.05) is 11.3 Å². The number of rotatable bonds is 8. The number of amides is 2. The van der Waals surface area contributed by atoms with Crippen molar-refractivity contribution >= 4 is 27.5 Å². The first-order valence-electron chi connectivity index (χ1n) is 9.40. The molecule has 0 aliphatic rings. The van der Waals surface area contributed by atoms with Gasteiger partial charge in [0.15, 0.2) is 11.6 Å². The Labute approximate surface area is 183 Å². The summed E-state index contributed by atoms with van der Waals surface area (Å²) < 4.78 is 53.2. The van der Waals surface area contributed by atoms with Gasteiger partial charge in [-0.25, -0.2) is 17.2 Å². The third kappa shape index (κ3) is 5.67. The van der Waals surface area contributed by atoms with Crippen LogP contribution in [-0.2, 0) is 16.4 Å². The highest BCUT2D eigenvalue weighted by Crippen LogP contribution is 2.19. The van der Waals surface area contributed by atoms with E-state index in [9.17, 15) is 26.8 Å². The Bertz CT molecular complexity index is 1260. The normalized spacial score (nSPS) is 11.1. The first-order chi connectivity index (χ1) is 15.2. The predicted molar refractivity (Wildman–Crippen MR) is 115 cm³/mol. The molecule has 10 heteroatoms. The van der Waals surface area contributed by atoms with Crippen LogP contribution in [0.15, 0.2) is 71.6 Å². The van der Waals surface area contributed by atoms with Crippen LogP contribution in [-0.4, -0.2) is 26.8 Å². The molecule has 3 aromatic rings. The molecule has 0 fully saturated rings. The fourth-order valence-corrected chi connectivity index (χ4v) is 3.92. The molecule has 4 N–H and O–H groups in total. The topological polar surface area (TPSA) is 118 Å². The molecule has 0 heterocycles. The van der Waals surface area contributed by atoms with Crippen molar-refractivity contribution < 1.29 is 26.8 Å². The molecule has 2 amide bonds. The van der Waals surface area contributed by atoms with E-state index in [0.29, 0.717) is 30.2 Å². The summed E-state index contributed by atoms with van der Waals surface area (Å²) in [5.41, 5.74) is 6.92. The molecule has 0 spiro atoms. The molecule has 3 rings (SSSR count). The van der Waals surface area contributed by atoms with Gasteiger partial charge in [0, 0.05) is 23.4 Å². The van der Waals surface area contributed by atoms with Crippen molar-refractivity contribution in [2.24, 2.45) is 5.73 Å². The van der Waals surface area contributed by atoms with Gasteiger partial charge in [0.25, 0.3) is 15.9 Å². The van der Waals surface area contributed by atoms with Crippen molar-refractivity contribution in [3.8, 4) is 0 Å². The molecule has 0 aromatic heterocycles. The van der Waals surface area contributed by atoms with Gasteiger partial charge in [0.1, 0.15) is 0 Å². The molecule has 0 atom stereocenters. The zero-order valence-electron chi connectivity index (χ0n) is 16.6. The summed E-state index contributed by atoms with van der Waals surface area (Å²) in [6, 6.07) is 14.6. The van der Waals surface area contributed by atoms with Crippen LogP contribution in [0.4, 0.5) is 14.5 Å². The van der Waals surface area contributed by atoms with E-state index in [1.54, 1.807) is 18.2 Å². The molecule has 0 saturated heterocycles. The maximum absolute atomic E-state index is 13.3. The molecule has 0 aliphatic carbocycles. The van der Waals surface area contributed by atoms with Gasteiger partial charge in [-0.3, -0.25) is 14.3 Å². The minimum absolute atomic E-state index is 0.148. The first kappa shape index (κ1) is 22.9. The second kappa shape index (κ2) is 9.56. The van der Waals surface area contributed by atoms with Gasteiger partial charge in [0.05, 0.1) is 4.90 Å². The number of carbonyl (C=O) groups excluding carboxylic acids is 2. The average Bonchev–Trinajstić information content (AvgIpc) is 2.76. The van der Waals surface area contributed by atoms with Crippen LogP contribution in [0.5, 0.6) is 0 Å². The third-order valence-electron chi connectivity index (χ3n) is 4.51. The number of nitrogens with two attached hydrogens (primary N) is 1. The lowest BCUT2D eigenvalue weighted by Gasteiger charge is -2.10. The molecule has 32 heavy (non-hydrogen) atoms. The Hall–Kier alpha value is -3.79. The quantitative estimate of drug-likeness (QED) is 0.480. The molecule has 0 bridgehead atoms. The Morgan fingerprint density at radius 3 is 2.25 bits per heavy atom. The Kier molecular flexibility index (Phi) is 6.84. The van der Waals surface area contributed by atoms with E-state index in [0.717, 1.165) is 17.7 Å². The third-order valence-corrected chi connectivity index (χ3v) is 5.89. The smallest absolute Gasteiger partial charge is 0.261 e. The van der Waals surface area contributed by atoms with Crippen LogP contribution in [0.2, 0.25) is 0 Å². The van der Waals surface area contributed by atoms with Crippen LogP contribution in [0.25, 0.3) is 0 Å². The van der Waals surface area contributed by atoms with Crippen molar-refractivity contribution in [3.05, 3.63) is 95.1 Å². The zero-order chi connectivity index (χ0) is 23.3. The molecule has 0 aliphatic heterocycles. The molecule has 0 unspecified atom stereocenters. The van der Waals surface area contributed by atoms with Crippen LogP contribution < -0.4 is 15.8 Å². The van der Waals surface area contributed by atoms with Gasteiger partial charge in [-0.1, -0.05) is 12.1 Å². The van der Waals surface area contributed by atoms with E-state index in [-0.39, 0.29) is 11.6 Å². The van der Waals surface area contributed by atoms with E-state index in [2.05, 4.69) is 10.0 Å². The molecule has 0 saturated carbocycles. The first-order valence-corrected chi connectivity index (χ1v) is 10.9. The van der Waals surface area contributed by atoms with Gasteiger partial charge in [-0.2, -0.15) is 0 Å². The summed E-state index contributed by atoms with van der Waals surface area (Å²) in [6.45, 7) is 0.311. The second-order valence-electron chi connectivity index (χ2n) is 6.83. The molecule has 0 radical (unpaired) electrons. The lowest BCUT2D eigenvalue weighted by Crippen LogP contribution is -2.25. The van der Waals surface area contributed by atoms with Crippen molar-refractivity contribution in [1.29, 1.82) is 0 Å². The van der Waals surface area contributed by atoms with Crippen molar-refractivity contribution in [1.82, 2.24) is 5.32 Å². The van der Waals surface area contributed by atoms with Crippen LogP contribution in [0.1, 0.15) is 26.3 Å². The molecular weight excluding hydrogens is 440 g/mol. The number of anilines is 1. The van der Waals surface area contributed by atoms with E-state index in [1.165, 1.54) is 24.3 Å². The van der Waals surface area contributed by atoms with E-state index < -0.39 is 32.5 Å². The maximum atomic E-state index is 13.3. The van der Waals surface area contributed by atoms with Gasteiger partial charge in [-0.15, -0.1) is 0 Å². The van der Waals surface area contributed by atoms with Gasteiger partial charge < -0.3 is 11.1 Å². The highest BCUT2D eigenvalue weighted by molar-refractivity contribution is 7.92. The lowest BCUT2D eigenvalue weighted by atomic mass is 10.1. The fourth-order valence-electron chi connectivity index (χ4n) is 2.85. The number of hydrogen-bond donors (Lipinski definition) is 3. The second-order valence-corrected chi connectivity index (χ2v) is 8.51. The van der Waals surface area contributed by atoms with E-state index >= 15 is 0 Å². The van der Waals surface area contributed by atoms with Gasteiger partial charge >= 0.3 is 0 Å². The van der Waals surface area contributed by atoms with Crippen LogP contribution >= 0.6 is 0 Å². The Morgan fingerprint density at radius 1 is 0.875 bits per heavy atom. The standard InChI is InChI=1S/C22H19F2N3O4S/c23-19-9-8-18(13-20(19)24)32(30,31)27-17-6-4-15(5-7-17)22(29)26-11-10-14-2-1-3-16(12-14)21(25)28/h1-9,12-13,27H,10-11H2,(H2,25,28)(H,26,29). The lowest BCUT2D eigenvalue weighted by molar-refractivity contribution is 0.0952. The predicted octanol–water partition coefficient (Wildman–Crippen LogP) is 2.84. The largest absolute Gasteiger partial charge is 0.366 e. The maximum Gasteiger partial charge on any atom is 0.261 e. The van der Waals surface area contributed by atoms with Crippen LogP contribution in [0.3, 0.4) is 0 Å². The highest BCUT2D eigenvalue weighted by atomic mass is 32.2. The van der Waals surface area contributed by atoms with Crippen molar-refractivity contribution in [2.45, 2.75) is 11.3 Å². The molecular formula is C22H19F2N3O4S.